The fourth-order valence-electron chi connectivity index (χ4n) is 3.84. The van der Waals surface area contributed by atoms with Crippen LogP contribution in [0.15, 0.2) is 52.9 Å². The molecule has 2 aromatic heterocycles. The highest BCUT2D eigenvalue weighted by molar-refractivity contribution is 6.07. The van der Waals surface area contributed by atoms with Gasteiger partial charge in [-0.25, -0.2) is 9.37 Å². The minimum absolute atomic E-state index is 0.0379. The average Bonchev–Trinajstić information content (AvgIpc) is 3.25. The van der Waals surface area contributed by atoms with Crippen LogP contribution in [0.1, 0.15) is 19.0 Å². The number of hydrogen-bond acceptors (Lipinski definition) is 7. The summed E-state index contributed by atoms with van der Waals surface area (Å²) in [6.45, 7) is 2.43. The van der Waals surface area contributed by atoms with Crippen molar-refractivity contribution in [2.75, 3.05) is 41.3 Å². The molecule has 10 heteroatoms. The Kier molecular flexibility index (Phi) is 8.89. The zero-order valence-corrected chi connectivity index (χ0v) is 21.2. The van der Waals surface area contributed by atoms with Gasteiger partial charge in [0.25, 0.3) is 0 Å². The lowest BCUT2D eigenvalue weighted by molar-refractivity contribution is -0.116. The lowest BCUT2D eigenvalue weighted by Crippen LogP contribution is -2.28. The molecule has 192 valence electrons. The molecule has 3 N–H and O–H groups in total. The Balaban J connectivity index is 1.93. The largest absolute Gasteiger partial charge is 0.489 e. The first-order chi connectivity index (χ1) is 17.2. The standard InChI is InChI=1S/C26H32F2N6O2/c1-16(31-3)19(25(29)22(35)15-33(4)5)10-11-36-26-20(7-8-21(27)24(26)28)17-6-9-23-32-13-18(12-30-2)34(23)14-17/h6-9,13-14,30H,10-12,15,29H2,1-5H3/b25-19-,31-16?. The number of Topliss-reactive ketones (excluding diaryl/α,β-unsaturated/α-hetero) is 1. The van der Waals surface area contributed by atoms with E-state index in [2.05, 4.69) is 15.3 Å². The third-order valence-corrected chi connectivity index (χ3v) is 5.76. The van der Waals surface area contributed by atoms with Crippen molar-refractivity contribution in [3.63, 3.8) is 0 Å². The second-order valence-corrected chi connectivity index (χ2v) is 8.62. The van der Waals surface area contributed by atoms with Gasteiger partial charge in [-0.1, -0.05) is 0 Å². The number of benzene rings is 1. The van der Waals surface area contributed by atoms with Crippen molar-refractivity contribution in [2.24, 2.45) is 10.7 Å². The maximum Gasteiger partial charge on any atom is 0.201 e. The number of nitrogens with two attached hydrogens (primary N) is 1. The van der Waals surface area contributed by atoms with Crippen LogP contribution in [0.5, 0.6) is 5.75 Å². The van der Waals surface area contributed by atoms with Crippen molar-refractivity contribution < 1.29 is 18.3 Å². The quantitative estimate of drug-likeness (QED) is 0.311. The highest BCUT2D eigenvalue weighted by atomic mass is 19.2. The van der Waals surface area contributed by atoms with Gasteiger partial charge in [0.2, 0.25) is 5.82 Å². The van der Waals surface area contributed by atoms with E-state index >= 15 is 0 Å². The summed E-state index contributed by atoms with van der Waals surface area (Å²) in [5, 5.41) is 3.08. The predicted molar refractivity (Wildman–Crippen MR) is 137 cm³/mol. The van der Waals surface area contributed by atoms with Gasteiger partial charge < -0.3 is 25.1 Å². The van der Waals surface area contributed by atoms with E-state index in [1.807, 2.05) is 17.6 Å². The first-order valence-electron chi connectivity index (χ1n) is 11.5. The summed E-state index contributed by atoms with van der Waals surface area (Å²) in [7, 11) is 6.97. The number of ether oxygens (including phenoxy) is 1. The number of ketones is 1. The smallest absolute Gasteiger partial charge is 0.201 e. The SMILES string of the molecule is CN=C(C)/C(CCOc1c(-c2ccc3ncc(CNC)n3c2)ccc(F)c1F)=C(\N)C(=O)CN(C)C. The van der Waals surface area contributed by atoms with Gasteiger partial charge in [-0.3, -0.25) is 9.79 Å². The third-order valence-electron chi connectivity index (χ3n) is 5.76. The number of carbonyl (C=O) groups is 1. The molecule has 3 rings (SSSR count). The molecule has 2 heterocycles. The Morgan fingerprint density at radius 1 is 1.25 bits per heavy atom. The number of rotatable bonds is 11. The van der Waals surface area contributed by atoms with Crippen LogP contribution in [0.3, 0.4) is 0 Å². The van der Waals surface area contributed by atoms with Crippen molar-refractivity contribution in [1.82, 2.24) is 19.6 Å². The van der Waals surface area contributed by atoms with Gasteiger partial charge in [0, 0.05) is 48.6 Å². The fourth-order valence-corrected chi connectivity index (χ4v) is 3.84. The van der Waals surface area contributed by atoms with Crippen LogP contribution in [0.25, 0.3) is 16.8 Å². The van der Waals surface area contributed by atoms with E-state index in [9.17, 15) is 13.6 Å². The molecule has 3 aromatic rings. The molecule has 0 aliphatic heterocycles. The summed E-state index contributed by atoms with van der Waals surface area (Å²) >= 11 is 0. The minimum Gasteiger partial charge on any atom is -0.489 e. The van der Waals surface area contributed by atoms with Crippen molar-refractivity contribution in [2.45, 2.75) is 19.9 Å². The maximum atomic E-state index is 14.9. The molecule has 36 heavy (non-hydrogen) atoms. The highest BCUT2D eigenvalue weighted by Gasteiger charge is 2.19. The molecule has 8 nitrogen and oxygen atoms in total. The van der Waals surface area contributed by atoms with Crippen molar-refractivity contribution in [3.05, 3.63) is 65.3 Å². The molecule has 0 bridgehead atoms. The fraction of sp³-hybridized carbons (Fsp3) is 0.346. The molecule has 0 unspecified atom stereocenters. The van der Waals surface area contributed by atoms with Crippen LogP contribution in [0.2, 0.25) is 0 Å². The van der Waals surface area contributed by atoms with Gasteiger partial charge in [0.1, 0.15) is 5.65 Å². The van der Waals surface area contributed by atoms with E-state index < -0.39 is 11.6 Å². The number of aromatic nitrogens is 2. The molecule has 0 saturated heterocycles. The number of halogens is 2. The van der Waals surface area contributed by atoms with E-state index in [1.54, 1.807) is 51.3 Å². The Morgan fingerprint density at radius 3 is 2.67 bits per heavy atom. The average molecular weight is 499 g/mol. The van der Waals surface area contributed by atoms with Crippen molar-refractivity contribution in [3.8, 4) is 16.9 Å². The summed E-state index contributed by atoms with van der Waals surface area (Å²) in [6.07, 6.45) is 3.76. The normalized spacial score (nSPS) is 12.8. The van der Waals surface area contributed by atoms with Gasteiger partial charge >= 0.3 is 0 Å². The Morgan fingerprint density at radius 2 is 2.00 bits per heavy atom. The second kappa shape index (κ2) is 11.9. The lowest BCUT2D eigenvalue weighted by atomic mass is 10.0. The number of nitrogens with one attached hydrogen (secondary N) is 1. The third kappa shape index (κ3) is 5.95. The van der Waals surface area contributed by atoms with E-state index in [4.69, 9.17) is 10.5 Å². The monoisotopic (exact) mass is 498 g/mol. The molecule has 0 saturated carbocycles. The van der Waals surface area contributed by atoms with Gasteiger partial charge in [0.05, 0.1) is 30.7 Å². The number of hydrogen-bond donors (Lipinski definition) is 2. The number of imidazole rings is 1. The summed E-state index contributed by atoms with van der Waals surface area (Å²) < 4.78 is 36.8. The molecule has 0 spiro atoms. The molecule has 0 aliphatic rings. The predicted octanol–water partition coefficient (Wildman–Crippen LogP) is 3.20. The second-order valence-electron chi connectivity index (χ2n) is 8.62. The van der Waals surface area contributed by atoms with Crippen LogP contribution in [0.4, 0.5) is 8.78 Å². The molecule has 1 aromatic carbocycles. The number of fused-ring (bicyclic) bond motifs is 1. The molecular formula is C26H32F2N6O2. The van der Waals surface area contributed by atoms with Crippen molar-refractivity contribution in [1.29, 1.82) is 0 Å². The number of pyridine rings is 1. The summed E-state index contributed by atoms with van der Waals surface area (Å²) in [4.78, 5) is 22.7. The Hall–Kier alpha value is -3.63. The number of likely N-dealkylation sites (N-methyl/N-ethyl adjacent to an activating group) is 1. The van der Waals surface area contributed by atoms with Crippen LogP contribution in [-0.2, 0) is 11.3 Å². The first kappa shape index (κ1) is 27.0. The Labute approximate surface area is 209 Å². The molecule has 0 radical (unpaired) electrons. The van der Waals surface area contributed by atoms with E-state index in [0.29, 0.717) is 29.0 Å². The van der Waals surface area contributed by atoms with Crippen molar-refractivity contribution >= 4 is 17.1 Å². The summed E-state index contributed by atoms with van der Waals surface area (Å²) in [6, 6.07) is 6.13. The van der Waals surface area contributed by atoms with Gasteiger partial charge in [-0.2, -0.15) is 4.39 Å². The van der Waals surface area contributed by atoms with Gasteiger partial charge in [-0.15, -0.1) is 0 Å². The lowest BCUT2D eigenvalue weighted by Gasteiger charge is -2.16. The summed E-state index contributed by atoms with van der Waals surface area (Å²) in [5.41, 5.74) is 9.99. The molecule has 0 amide bonds. The van der Waals surface area contributed by atoms with Crippen LogP contribution < -0.4 is 15.8 Å². The molecule has 0 fully saturated rings. The molecule has 0 aliphatic carbocycles. The Bertz CT molecular complexity index is 1310. The van der Waals surface area contributed by atoms with Gasteiger partial charge in [-0.05, 0) is 52.3 Å². The highest BCUT2D eigenvalue weighted by Crippen LogP contribution is 2.34. The maximum absolute atomic E-state index is 14.9. The topological polar surface area (TPSA) is 97.2 Å². The number of aliphatic imine (C=N–C) groups is 1. The molecule has 0 atom stereocenters. The van der Waals surface area contributed by atoms with E-state index in [0.717, 1.165) is 17.4 Å². The minimum atomic E-state index is -1.09. The summed E-state index contributed by atoms with van der Waals surface area (Å²) in [5.74, 6) is -2.57. The zero-order chi connectivity index (χ0) is 26.4. The van der Waals surface area contributed by atoms with Crippen LogP contribution >= 0.6 is 0 Å². The van der Waals surface area contributed by atoms with E-state index in [-0.39, 0.29) is 36.8 Å². The van der Waals surface area contributed by atoms with Crippen LogP contribution in [0, 0.1) is 11.6 Å². The van der Waals surface area contributed by atoms with Gasteiger partial charge in [0.15, 0.2) is 17.3 Å². The number of nitrogens with zero attached hydrogens (tertiary/aromatic N) is 4. The number of carbonyl (C=O) groups excluding carboxylic acids is 1. The first-order valence-corrected chi connectivity index (χ1v) is 11.5. The van der Waals surface area contributed by atoms with Crippen LogP contribution in [-0.4, -0.2) is 67.1 Å². The zero-order valence-electron chi connectivity index (χ0n) is 21.2. The molecular weight excluding hydrogens is 466 g/mol. The van der Waals surface area contributed by atoms with E-state index in [1.165, 1.54) is 6.07 Å².